The van der Waals surface area contributed by atoms with E-state index >= 15 is 0 Å². The largest absolute Gasteiger partial charge is 0.487 e. The Kier molecular flexibility index (Phi) is 4.52. The molecule has 6 heteroatoms. The van der Waals surface area contributed by atoms with Gasteiger partial charge < -0.3 is 4.74 Å². The van der Waals surface area contributed by atoms with Crippen LogP contribution in [-0.2, 0) is 6.61 Å². The first-order valence-corrected chi connectivity index (χ1v) is 6.78. The number of ether oxygens (including phenoxy) is 1. The van der Waals surface area contributed by atoms with Gasteiger partial charge in [0.2, 0.25) is 0 Å². The SMILES string of the molecule is Fc1ccc(Br)c(OCc2c(F)ccc(Br)c2F)c1. The number of rotatable bonds is 3. The standard InChI is InChI=1S/C13H7Br2F3O/c14-9-2-1-7(16)5-12(9)19-6-8-11(17)4-3-10(15)13(8)18/h1-5H,6H2. The molecule has 0 bridgehead atoms. The molecule has 2 aromatic rings. The third kappa shape index (κ3) is 3.30. The van der Waals surface area contributed by atoms with Crippen LogP contribution in [-0.4, -0.2) is 0 Å². The maximum absolute atomic E-state index is 13.7. The zero-order valence-electron chi connectivity index (χ0n) is 9.39. The average Bonchev–Trinajstić information content (AvgIpc) is 2.38. The Bertz CT molecular complexity index is 617. The minimum absolute atomic E-state index is 0.144. The van der Waals surface area contributed by atoms with Crippen LogP contribution in [0, 0.1) is 17.5 Å². The molecule has 0 radical (unpaired) electrons. The summed E-state index contributed by atoms with van der Waals surface area (Å²) in [5.41, 5.74) is -0.217. The molecule has 0 saturated carbocycles. The van der Waals surface area contributed by atoms with Crippen LogP contribution in [0.25, 0.3) is 0 Å². The van der Waals surface area contributed by atoms with Crippen LogP contribution < -0.4 is 4.74 Å². The molecule has 0 atom stereocenters. The molecule has 0 aliphatic heterocycles. The zero-order chi connectivity index (χ0) is 14.0. The highest BCUT2D eigenvalue weighted by Gasteiger charge is 2.13. The van der Waals surface area contributed by atoms with Gasteiger partial charge in [0.05, 0.1) is 14.5 Å². The Balaban J connectivity index is 2.24. The van der Waals surface area contributed by atoms with Crippen molar-refractivity contribution in [3.05, 3.63) is 62.3 Å². The first-order valence-electron chi connectivity index (χ1n) is 5.19. The van der Waals surface area contributed by atoms with E-state index in [0.29, 0.717) is 4.47 Å². The van der Waals surface area contributed by atoms with Crippen molar-refractivity contribution in [1.82, 2.24) is 0 Å². The summed E-state index contributed by atoms with van der Waals surface area (Å²) in [6, 6.07) is 6.24. The summed E-state index contributed by atoms with van der Waals surface area (Å²) in [6.07, 6.45) is 0. The normalized spacial score (nSPS) is 10.6. The van der Waals surface area contributed by atoms with Crippen LogP contribution in [0.4, 0.5) is 13.2 Å². The van der Waals surface area contributed by atoms with Crippen LogP contribution in [0.1, 0.15) is 5.56 Å². The van der Waals surface area contributed by atoms with Gasteiger partial charge in [-0.3, -0.25) is 0 Å². The molecule has 1 nitrogen and oxygen atoms in total. The topological polar surface area (TPSA) is 9.23 Å². The maximum atomic E-state index is 13.7. The molecule has 2 aromatic carbocycles. The van der Waals surface area contributed by atoms with Crippen molar-refractivity contribution >= 4 is 31.9 Å². The van der Waals surface area contributed by atoms with Crippen LogP contribution in [0.5, 0.6) is 5.75 Å². The van der Waals surface area contributed by atoms with Gasteiger partial charge in [0, 0.05) is 6.07 Å². The van der Waals surface area contributed by atoms with E-state index in [4.69, 9.17) is 4.74 Å². The third-order valence-electron chi connectivity index (χ3n) is 2.40. The van der Waals surface area contributed by atoms with Gasteiger partial charge in [-0.05, 0) is 56.1 Å². The van der Waals surface area contributed by atoms with E-state index < -0.39 is 17.5 Å². The van der Waals surface area contributed by atoms with E-state index in [-0.39, 0.29) is 22.4 Å². The van der Waals surface area contributed by atoms with Crippen molar-refractivity contribution in [3.8, 4) is 5.75 Å². The molecule has 0 saturated heterocycles. The summed E-state index contributed by atoms with van der Waals surface area (Å²) in [5.74, 6) is -1.76. The average molecular weight is 396 g/mol. The van der Waals surface area contributed by atoms with Gasteiger partial charge >= 0.3 is 0 Å². The van der Waals surface area contributed by atoms with E-state index in [1.54, 1.807) is 0 Å². The first-order chi connectivity index (χ1) is 8.99. The molecular weight excluding hydrogens is 389 g/mol. The van der Waals surface area contributed by atoms with E-state index in [1.165, 1.54) is 18.2 Å². The molecule has 0 unspecified atom stereocenters. The van der Waals surface area contributed by atoms with Crippen molar-refractivity contribution in [2.24, 2.45) is 0 Å². The quantitative estimate of drug-likeness (QED) is 0.648. The van der Waals surface area contributed by atoms with E-state index in [0.717, 1.165) is 12.1 Å². The zero-order valence-corrected chi connectivity index (χ0v) is 12.6. The van der Waals surface area contributed by atoms with E-state index in [2.05, 4.69) is 31.9 Å². The lowest BCUT2D eigenvalue weighted by molar-refractivity contribution is 0.289. The van der Waals surface area contributed by atoms with Gasteiger partial charge in [-0.2, -0.15) is 0 Å². The molecule has 0 aromatic heterocycles. The molecule has 0 amide bonds. The summed E-state index contributed by atoms with van der Waals surface area (Å²) >= 11 is 6.13. The molecular formula is C13H7Br2F3O. The van der Waals surface area contributed by atoms with Gasteiger partial charge in [0.15, 0.2) is 0 Å². The third-order valence-corrected chi connectivity index (χ3v) is 3.67. The van der Waals surface area contributed by atoms with Gasteiger partial charge in [-0.25, -0.2) is 13.2 Å². The number of hydrogen-bond acceptors (Lipinski definition) is 1. The molecule has 100 valence electrons. The van der Waals surface area contributed by atoms with Gasteiger partial charge in [-0.1, -0.05) is 0 Å². The van der Waals surface area contributed by atoms with Crippen molar-refractivity contribution in [2.75, 3.05) is 0 Å². The fraction of sp³-hybridized carbons (Fsp3) is 0.0769. The molecule has 0 N–H and O–H groups in total. The molecule has 0 heterocycles. The lowest BCUT2D eigenvalue weighted by Crippen LogP contribution is -2.03. The van der Waals surface area contributed by atoms with Gasteiger partial charge in [0.1, 0.15) is 29.8 Å². The Labute approximate surface area is 124 Å². The van der Waals surface area contributed by atoms with Crippen LogP contribution in [0.3, 0.4) is 0 Å². The van der Waals surface area contributed by atoms with Gasteiger partial charge in [-0.15, -0.1) is 0 Å². The fourth-order valence-electron chi connectivity index (χ4n) is 1.44. The van der Waals surface area contributed by atoms with Crippen molar-refractivity contribution < 1.29 is 17.9 Å². The summed E-state index contributed by atoms with van der Waals surface area (Å²) in [4.78, 5) is 0. The highest BCUT2D eigenvalue weighted by molar-refractivity contribution is 9.10. The molecule has 0 spiro atoms. The Morgan fingerprint density at radius 1 is 0.947 bits per heavy atom. The molecule has 0 aliphatic rings. The summed E-state index contributed by atoms with van der Waals surface area (Å²) in [5, 5.41) is 0. The van der Waals surface area contributed by atoms with Crippen LogP contribution in [0.2, 0.25) is 0 Å². The summed E-state index contributed by atoms with van der Waals surface area (Å²) in [6.45, 7) is -0.334. The van der Waals surface area contributed by atoms with Crippen molar-refractivity contribution in [3.63, 3.8) is 0 Å². The van der Waals surface area contributed by atoms with Gasteiger partial charge in [0.25, 0.3) is 0 Å². The van der Waals surface area contributed by atoms with Crippen molar-refractivity contribution in [1.29, 1.82) is 0 Å². The summed E-state index contributed by atoms with van der Waals surface area (Å²) < 4.78 is 46.1. The molecule has 0 fully saturated rings. The first kappa shape index (κ1) is 14.4. The second kappa shape index (κ2) is 5.96. The predicted molar refractivity (Wildman–Crippen MR) is 72.5 cm³/mol. The number of benzene rings is 2. The maximum Gasteiger partial charge on any atom is 0.146 e. The lowest BCUT2D eigenvalue weighted by atomic mass is 10.2. The summed E-state index contributed by atoms with van der Waals surface area (Å²) in [7, 11) is 0. The molecule has 0 aliphatic carbocycles. The predicted octanol–water partition coefficient (Wildman–Crippen LogP) is 5.21. The Morgan fingerprint density at radius 2 is 1.63 bits per heavy atom. The fourth-order valence-corrected chi connectivity index (χ4v) is 2.17. The Hall–Kier alpha value is -1.01. The second-order valence-electron chi connectivity index (χ2n) is 3.69. The smallest absolute Gasteiger partial charge is 0.146 e. The Morgan fingerprint density at radius 3 is 2.37 bits per heavy atom. The molecule has 2 rings (SSSR count). The highest BCUT2D eigenvalue weighted by atomic mass is 79.9. The van der Waals surface area contributed by atoms with Crippen LogP contribution >= 0.6 is 31.9 Å². The van der Waals surface area contributed by atoms with E-state index in [1.807, 2.05) is 0 Å². The minimum atomic E-state index is -0.729. The number of hydrogen-bond donors (Lipinski definition) is 0. The van der Waals surface area contributed by atoms with Crippen molar-refractivity contribution in [2.45, 2.75) is 6.61 Å². The molecule has 19 heavy (non-hydrogen) atoms. The minimum Gasteiger partial charge on any atom is -0.487 e. The lowest BCUT2D eigenvalue weighted by Gasteiger charge is -2.10. The second-order valence-corrected chi connectivity index (χ2v) is 5.39. The van der Waals surface area contributed by atoms with Crippen LogP contribution in [0.15, 0.2) is 39.3 Å². The van der Waals surface area contributed by atoms with E-state index in [9.17, 15) is 13.2 Å². The number of halogens is 5. The monoisotopic (exact) mass is 394 g/mol. The highest BCUT2D eigenvalue weighted by Crippen LogP contribution is 2.28.